The van der Waals surface area contributed by atoms with Crippen LogP contribution in [0, 0.1) is 0 Å². The minimum absolute atomic E-state index is 0.0162. The number of hydrogen-bond acceptors (Lipinski definition) is 2. The Morgan fingerprint density at radius 1 is 1.55 bits per heavy atom. The molecule has 0 heterocycles. The number of halogens is 3. The molecular formula is C5H7Cl3O3. The summed E-state index contributed by atoms with van der Waals surface area (Å²) in [6.07, 6.45) is -0.0162. The molecule has 0 spiro atoms. The third-order valence-corrected chi connectivity index (χ3v) is 0.850. The molecule has 6 heteroatoms. The number of rotatable bonds is 1. The van der Waals surface area contributed by atoms with Crippen molar-refractivity contribution in [2.45, 2.75) is 17.1 Å². The third-order valence-electron chi connectivity index (χ3n) is 0.449. The Hall–Kier alpha value is 0.01000. The van der Waals surface area contributed by atoms with E-state index in [1.54, 1.807) is 0 Å². The van der Waals surface area contributed by atoms with Crippen molar-refractivity contribution in [1.82, 2.24) is 0 Å². The summed E-state index contributed by atoms with van der Waals surface area (Å²) in [4.78, 5) is 18.6. The molecule has 0 unspecified atom stereocenters. The molecule has 0 atom stereocenters. The minimum Gasteiger partial charge on any atom is -0.483 e. The lowest BCUT2D eigenvalue weighted by Crippen LogP contribution is -2.07. The van der Waals surface area contributed by atoms with Gasteiger partial charge in [0.15, 0.2) is 3.79 Å². The number of carbonyl (C=O) groups excluding carboxylic acids is 1. The highest BCUT2D eigenvalue weighted by Gasteiger charge is 2.21. The van der Waals surface area contributed by atoms with Crippen molar-refractivity contribution in [3.63, 3.8) is 0 Å². The van der Waals surface area contributed by atoms with Gasteiger partial charge in [-0.3, -0.25) is 9.59 Å². The van der Waals surface area contributed by atoms with Crippen molar-refractivity contribution in [2.75, 3.05) is 0 Å². The van der Waals surface area contributed by atoms with Crippen molar-refractivity contribution in [1.29, 1.82) is 0 Å². The average Bonchev–Trinajstić information content (AvgIpc) is 1.57. The van der Waals surface area contributed by atoms with E-state index in [0.717, 1.165) is 0 Å². The molecule has 0 aliphatic rings. The van der Waals surface area contributed by atoms with E-state index >= 15 is 0 Å². The number of carboxylic acid groups (broad SMARTS) is 1. The van der Waals surface area contributed by atoms with Crippen LogP contribution in [0.3, 0.4) is 0 Å². The Bertz CT molecular complexity index is 129. The Labute approximate surface area is 79.2 Å². The van der Waals surface area contributed by atoms with Crippen LogP contribution in [-0.4, -0.2) is 21.2 Å². The lowest BCUT2D eigenvalue weighted by molar-refractivity contribution is -0.123. The maximum absolute atomic E-state index is 10.2. The van der Waals surface area contributed by atoms with Gasteiger partial charge in [-0.2, -0.15) is 0 Å². The molecule has 0 aliphatic carbocycles. The topological polar surface area (TPSA) is 54.4 Å². The van der Waals surface area contributed by atoms with E-state index in [-0.39, 0.29) is 18.7 Å². The fraction of sp³-hybridized carbons (Fsp3) is 0.600. The van der Waals surface area contributed by atoms with Crippen molar-refractivity contribution < 1.29 is 14.7 Å². The van der Waals surface area contributed by atoms with Crippen molar-refractivity contribution in [2.24, 2.45) is 0 Å². The van der Waals surface area contributed by atoms with Crippen molar-refractivity contribution >= 4 is 47.1 Å². The van der Waals surface area contributed by atoms with Gasteiger partial charge in [0.1, 0.15) is 5.78 Å². The maximum atomic E-state index is 10.2. The summed E-state index contributed by atoms with van der Waals surface area (Å²) in [5.74, 6) is -0.120. The second kappa shape index (κ2) is 6.70. The quantitative estimate of drug-likeness (QED) is 0.544. The van der Waals surface area contributed by atoms with Gasteiger partial charge in [-0.25, -0.2) is 0 Å². The molecule has 66 valence electrons. The number of ketones is 1. The van der Waals surface area contributed by atoms with Gasteiger partial charge in [0.25, 0.3) is 6.47 Å². The zero-order chi connectivity index (χ0) is 9.49. The van der Waals surface area contributed by atoms with E-state index in [9.17, 15) is 4.79 Å². The first-order chi connectivity index (χ1) is 4.83. The summed E-state index contributed by atoms with van der Waals surface area (Å²) in [5.41, 5.74) is 0. The smallest absolute Gasteiger partial charge is 0.290 e. The molecule has 0 aromatic heterocycles. The fourth-order valence-electron chi connectivity index (χ4n) is 0.282. The first kappa shape index (κ1) is 13.6. The van der Waals surface area contributed by atoms with Crippen LogP contribution in [0.25, 0.3) is 0 Å². The SMILES string of the molecule is CC(=O)CC(Cl)(Cl)Cl.O=CO. The van der Waals surface area contributed by atoms with Crippen molar-refractivity contribution in [3.8, 4) is 0 Å². The zero-order valence-electron chi connectivity index (χ0n) is 5.68. The number of Topliss-reactive ketones (excluding diaryl/α,β-unsaturated/α-hetero) is 1. The van der Waals surface area contributed by atoms with Crippen LogP contribution in [-0.2, 0) is 9.59 Å². The Balaban J connectivity index is 0. The van der Waals surface area contributed by atoms with Gasteiger partial charge in [-0.1, -0.05) is 34.8 Å². The average molecular weight is 221 g/mol. The monoisotopic (exact) mass is 220 g/mol. The Morgan fingerprint density at radius 2 is 1.82 bits per heavy atom. The molecule has 0 fully saturated rings. The molecule has 0 rings (SSSR count). The van der Waals surface area contributed by atoms with Gasteiger partial charge >= 0.3 is 0 Å². The van der Waals surface area contributed by atoms with E-state index in [0.29, 0.717) is 0 Å². The largest absolute Gasteiger partial charge is 0.483 e. The molecule has 0 saturated carbocycles. The third kappa shape index (κ3) is 25.6. The van der Waals surface area contributed by atoms with Gasteiger partial charge < -0.3 is 5.11 Å². The van der Waals surface area contributed by atoms with Crippen LogP contribution in [0.15, 0.2) is 0 Å². The second-order valence-electron chi connectivity index (χ2n) is 1.60. The highest BCUT2D eigenvalue weighted by atomic mass is 35.6. The highest BCUT2D eigenvalue weighted by molar-refractivity contribution is 6.68. The summed E-state index contributed by atoms with van der Waals surface area (Å²) < 4.78 is -1.41. The van der Waals surface area contributed by atoms with Crippen molar-refractivity contribution in [3.05, 3.63) is 0 Å². The fourth-order valence-corrected chi connectivity index (χ4v) is 0.847. The van der Waals surface area contributed by atoms with Gasteiger partial charge in [-0.05, 0) is 6.92 Å². The van der Waals surface area contributed by atoms with E-state index in [1.807, 2.05) is 0 Å². The minimum atomic E-state index is -1.41. The number of alkyl halides is 3. The lowest BCUT2D eigenvalue weighted by Gasteiger charge is -2.05. The summed E-state index contributed by atoms with van der Waals surface area (Å²) in [6, 6.07) is 0. The zero-order valence-corrected chi connectivity index (χ0v) is 7.95. The molecule has 0 aliphatic heterocycles. The van der Waals surface area contributed by atoms with E-state index in [4.69, 9.17) is 44.7 Å². The standard InChI is InChI=1S/C4H5Cl3O.CH2O2/c1-3(8)2-4(5,6)7;2-1-3/h2H2,1H3;1H,(H,2,3). The maximum Gasteiger partial charge on any atom is 0.290 e. The summed E-state index contributed by atoms with van der Waals surface area (Å²) in [6.45, 7) is 1.13. The van der Waals surface area contributed by atoms with Gasteiger partial charge in [0.2, 0.25) is 0 Å². The predicted octanol–water partition coefficient (Wildman–Crippen LogP) is 2.04. The number of hydrogen-bond donors (Lipinski definition) is 1. The lowest BCUT2D eigenvalue weighted by atomic mass is 10.3. The van der Waals surface area contributed by atoms with Gasteiger partial charge in [0, 0.05) is 0 Å². The molecule has 0 radical (unpaired) electrons. The molecule has 0 amide bonds. The van der Waals surface area contributed by atoms with Crippen LogP contribution in [0.2, 0.25) is 0 Å². The highest BCUT2D eigenvalue weighted by Crippen LogP contribution is 2.29. The van der Waals surface area contributed by atoms with Crippen LogP contribution in [0.4, 0.5) is 0 Å². The predicted molar refractivity (Wildman–Crippen MR) is 44.3 cm³/mol. The van der Waals surface area contributed by atoms with Crippen LogP contribution in [0.1, 0.15) is 13.3 Å². The van der Waals surface area contributed by atoms with E-state index in [1.165, 1.54) is 6.92 Å². The summed E-state index contributed by atoms with van der Waals surface area (Å²) >= 11 is 15.7. The molecule has 3 nitrogen and oxygen atoms in total. The van der Waals surface area contributed by atoms with E-state index < -0.39 is 3.79 Å². The molecular weight excluding hydrogens is 214 g/mol. The summed E-state index contributed by atoms with van der Waals surface area (Å²) in [7, 11) is 0. The van der Waals surface area contributed by atoms with E-state index in [2.05, 4.69) is 0 Å². The number of carbonyl (C=O) groups is 2. The molecule has 0 saturated heterocycles. The Kier molecular flexibility index (Phi) is 8.28. The molecule has 11 heavy (non-hydrogen) atoms. The first-order valence-corrected chi connectivity index (χ1v) is 3.61. The molecule has 0 aromatic carbocycles. The van der Waals surface area contributed by atoms with Crippen LogP contribution < -0.4 is 0 Å². The first-order valence-electron chi connectivity index (χ1n) is 2.47. The van der Waals surface area contributed by atoms with Crippen LogP contribution in [0.5, 0.6) is 0 Å². The van der Waals surface area contributed by atoms with Gasteiger partial charge in [0.05, 0.1) is 6.42 Å². The summed E-state index contributed by atoms with van der Waals surface area (Å²) in [5, 5.41) is 6.89. The second-order valence-corrected chi connectivity index (χ2v) is 4.12. The molecule has 1 N–H and O–H groups in total. The van der Waals surface area contributed by atoms with Gasteiger partial charge in [-0.15, -0.1) is 0 Å². The molecule has 0 bridgehead atoms. The molecule has 0 aromatic rings. The van der Waals surface area contributed by atoms with Crippen LogP contribution >= 0.6 is 34.8 Å². The Morgan fingerprint density at radius 3 is 1.82 bits per heavy atom. The normalized spacial score (nSPS) is 9.45.